The van der Waals surface area contributed by atoms with E-state index >= 15 is 0 Å². The van der Waals surface area contributed by atoms with Crippen LogP contribution in [0.25, 0.3) is 69.0 Å². The highest BCUT2D eigenvalue weighted by Gasteiger charge is 2.24. The lowest BCUT2D eigenvalue weighted by Gasteiger charge is -2.19. The maximum Gasteiger partial charge on any atom is 0.128 e. The van der Waals surface area contributed by atoms with Gasteiger partial charge < -0.3 is 13.9 Å². The molecular formula is C34H27NO2S. The topological polar surface area (TPSA) is 22.9 Å². The Kier molecular flexibility index (Phi) is 4.23. The third-order valence-corrected chi connectivity index (χ3v) is 9.38. The van der Waals surface area contributed by atoms with Gasteiger partial charge in [-0.1, -0.05) is 39.0 Å². The van der Waals surface area contributed by atoms with E-state index in [0.717, 1.165) is 11.5 Å². The Bertz CT molecular complexity index is 2240. The molecule has 0 saturated heterocycles. The predicted octanol–water partition coefficient (Wildman–Crippen LogP) is 9.67. The van der Waals surface area contributed by atoms with Crippen LogP contribution >= 0.6 is 11.3 Å². The molecule has 0 saturated carbocycles. The largest absolute Gasteiger partial charge is 0.497 e. The van der Waals surface area contributed by atoms with Gasteiger partial charge in [0.1, 0.15) is 11.5 Å². The summed E-state index contributed by atoms with van der Waals surface area (Å²) < 4.78 is 16.5. The summed E-state index contributed by atoms with van der Waals surface area (Å²) in [4.78, 5) is 0. The van der Waals surface area contributed by atoms with Gasteiger partial charge in [0, 0.05) is 41.7 Å². The molecule has 0 bridgehead atoms. The quantitative estimate of drug-likeness (QED) is 0.230. The van der Waals surface area contributed by atoms with E-state index in [0.29, 0.717) is 0 Å². The van der Waals surface area contributed by atoms with Crippen LogP contribution in [0.15, 0.2) is 72.8 Å². The van der Waals surface area contributed by atoms with Crippen LogP contribution in [0.2, 0.25) is 0 Å². The zero-order valence-corrected chi connectivity index (χ0v) is 22.9. The zero-order chi connectivity index (χ0) is 25.9. The van der Waals surface area contributed by atoms with Crippen molar-refractivity contribution < 1.29 is 9.47 Å². The fraction of sp³-hybridized carbons (Fsp3) is 0.176. The van der Waals surface area contributed by atoms with Gasteiger partial charge in [0.15, 0.2) is 0 Å². The Morgan fingerprint density at radius 2 is 1.39 bits per heavy atom. The minimum atomic E-state index is 0.0671. The lowest BCUT2D eigenvalue weighted by molar-refractivity contribution is 0.415. The number of methoxy groups -OCH3 is 2. The summed E-state index contributed by atoms with van der Waals surface area (Å²) in [7, 11) is 3.50. The van der Waals surface area contributed by atoms with Crippen LogP contribution in [0.5, 0.6) is 11.5 Å². The normalized spacial score (nSPS) is 12.9. The van der Waals surface area contributed by atoms with Crippen LogP contribution in [0, 0.1) is 0 Å². The second-order valence-corrected chi connectivity index (χ2v) is 12.4. The van der Waals surface area contributed by atoms with E-state index in [-0.39, 0.29) is 5.41 Å². The molecule has 0 fully saturated rings. The van der Waals surface area contributed by atoms with Crippen molar-refractivity contribution in [2.24, 2.45) is 0 Å². The van der Waals surface area contributed by atoms with Crippen LogP contribution < -0.4 is 9.47 Å². The first kappa shape index (κ1) is 22.0. The molecule has 0 radical (unpaired) electrons. The standard InChI is InChI=1S/C34H27NO2S/c1-34(2,3)19-7-12-27-26(15-19)31-28(37-5)13-11-23-22-9-6-18-14-25-21-10-8-20(36-4)16-29(21)38-30(25)17-24(18)32(22)35(27)33(23)31/h6-17H,1-5H3. The van der Waals surface area contributed by atoms with Crippen molar-refractivity contribution >= 4 is 80.4 Å². The molecule has 0 atom stereocenters. The van der Waals surface area contributed by atoms with Crippen molar-refractivity contribution in [2.75, 3.05) is 14.2 Å². The van der Waals surface area contributed by atoms with Crippen LogP contribution in [0.4, 0.5) is 0 Å². The molecule has 3 heterocycles. The highest BCUT2D eigenvalue weighted by molar-refractivity contribution is 7.25. The van der Waals surface area contributed by atoms with Crippen molar-refractivity contribution in [1.82, 2.24) is 4.40 Å². The van der Waals surface area contributed by atoms with Crippen LogP contribution in [-0.4, -0.2) is 18.6 Å². The third kappa shape index (κ3) is 2.73. The molecule has 0 aliphatic rings. The Hall–Kier alpha value is -4.02. The molecule has 38 heavy (non-hydrogen) atoms. The van der Waals surface area contributed by atoms with Crippen molar-refractivity contribution in [3.63, 3.8) is 0 Å². The zero-order valence-electron chi connectivity index (χ0n) is 22.1. The summed E-state index contributed by atoms with van der Waals surface area (Å²) in [6.45, 7) is 6.82. The number of thiophene rings is 1. The first-order chi connectivity index (χ1) is 18.4. The average molecular weight is 514 g/mol. The smallest absolute Gasteiger partial charge is 0.128 e. The lowest BCUT2D eigenvalue weighted by Crippen LogP contribution is -2.10. The van der Waals surface area contributed by atoms with E-state index in [4.69, 9.17) is 9.47 Å². The number of hydrogen-bond donors (Lipinski definition) is 0. The van der Waals surface area contributed by atoms with Crippen molar-refractivity contribution in [3.8, 4) is 11.5 Å². The lowest BCUT2D eigenvalue weighted by atomic mass is 9.86. The number of fused-ring (bicyclic) bond motifs is 11. The van der Waals surface area contributed by atoms with Crippen LogP contribution in [0.1, 0.15) is 26.3 Å². The molecule has 0 spiro atoms. The number of rotatable bonds is 2. The monoisotopic (exact) mass is 513 g/mol. The summed E-state index contributed by atoms with van der Waals surface area (Å²) in [5, 5.41) is 10.1. The molecule has 3 aromatic heterocycles. The van der Waals surface area contributed by atoms with Crippen LogP contribution in [-0.2, 0) is 5.41 Å². The maximum atomic E-state index is 5.93. The number of ether oxygens (including phenoxy) is 2. The molecular weight excluding hydrogens is 486 g/mol. The Morgan fingerprint density at radius 1 is 0.632 bits per heavy atom. The van der Waals surface area contributed by atoms with Gasteiger partial charge in [-0.3, -0.25) is 0 Å². The predicted molar refractivity (Wildman–Crippen MR) is 163 cm³/mol. The fourth-order valence-electron chi connectivity index (χ4n) is 6.35. The molecule has 5 aromatic carbocycles. The minimum absolute atomic E-state index is 0.0671. The van der Waals surface area contributed by atoms with Gasteiger partial charge in [-0.15, -0.1) is 11.3 Å². The Morgan fingerprint density at radius 3 is 2.18 bits per heavy atom. The highest BCUT2D eigenvalue weighted by atomic mass is 32.1. The molecule has 0 unspecified atom stereocenters. The SMILES string of the molecule is COc1ccc2c(c1)sc1cc3c(ccc4c5ccc(OC)c6c7cc(C(C)(C)C)ccc7n(c34)c56)cc12. The second-order valence-electron chi connectivity index (χ2n) is 11.4. The van der Waals surface area contributed by atoms with Gasteiger partial charge in [-0.2, -0.15) is 0 Å². The number of nitrogens with zero attached hydrogens (tertiary/aromatic N) is 1. The van der Waals surface area contributed by atoms with Gasteiger partial charge in [0.05, 0.1) is 36.2 Å². The van der Waals surface area contributed by atoms with Gasteiger partial charge in [-0.25, -0.2) is 0 Å². The summed E-state index contributed by atoms with van der Waals surface area (Å²) >= 11 is 1.84. The highest BCUT2D eigenvalue weighted by Crippen LogP contribution is 2.47. The molecule has 0 amide bonds. The Balaban J connectivity index is 1.57. The van der Waals surface area contributed by atoms with Crippen molar-refractivity contribution in [2.45, 2.75) is 26.2 Å². The van der Waals surface area contributed by atoms with E-state index in [2.05, 4.69) is 98.0 Å². The average Bonchev–Trinajstić information content (AvgIpc) is 3.56. The molecule has 0 N–H and O–H groups in total. The number of aromatic nitrogens is 1. The van der Waals surface area contributed by atoms with Crippen molar-refractivity contribution in [1.29, 1.82) is 0 Å². The first-order valence-corrected chi connectivity index (χ1v) is 13.8. The molecule has 3 nitrogen and oxygen atoms in total. The van der Waals surface area contributed by atoms with E-state index in [1.54, 1.807) is 14.2 Å². The summed E-state index contributed by atoms with van der Waals surface area (Å²) in [6.07, 6.45) is 0. The van der Waals surface area contributed by atoms with Gasteiger partial charge in [-0.05, 0) is 71.0 Å². The Labute approximate surface area is 224 Å². The molecule has 186 valence electrons. The molecule has 8 aromatic rings. The minimum Gasteiger partial charge on any atom is -0.497 e. The van der Waals surface area contributed by atoms with Crippen LogP contribution in [0.3, 0.4) is 0 Å². The van der Waals surface area contributed by atoms with Crippen molar-refractivity contribution in [3.05, 3.63) is 78.4 Å². The van der Waals surface area contributed by atoms with E-state index in [1.807, 2.05) is 11.3 Å². The number of benzene rings is 5. The van der Waals surface area contributed by atoms with E-state index in [9.17, 15) is 0 Å². The first-order valence-electron chi connectivity index (χ1n) is 13.0. The summed E-state index contributed by atoms with van der Waals surface area (Å²) in [6, 6.07) is 27.0. The number of hydrogen-bond acceptors (Lipinski definition) is 3. The fourth-order valence-corrected chi connectivity index (χ4v) is 7.50. The van der Waals surface area contributed by atoms with E-state index < -0.39 is 0 Å². The van der Waals surface area contributed by atoms with E-state index in [1.165, 1.54) is 74.6 Å². The maximum absolute atomic E-state index is 5.93. The summed E-state index contributed by atoms with van der Waals surface area (Å²) in [5.41, 5.74) is 5.14. The second kappa shape index (κ2) is 7.30. The van der Waals surface area contributed by atoms with Gasteiger partial charge in [0.25, 0.3) is 0 Å². The third-order valence-electron chi connectivity index (χ3n) is 8.26. The molecule has 4 heteroatoms. The summed E-state index contributed by atoms with van der Waals surface area (Å²) in [5.74, 6) is 1.83. The molecule has 8 rings (SSSR count). The molecule has 0 aliphatic heterocycles. The van der Waals surface area contributed by atoms with Gasteiger partial charge >= 0.3 is 0 Å². The molecule has 0 aliphatic carbocycles. The van der Waals surface area contributed by atoms with Gasteiger partial charge in [0.2, 0.25) is 0 Å².